The zero-order valence-electron chi connectivity index (χ0n) is 26.2. The molecule has 242 valence electrons. The zero-order chi connectivity index (χ0) is 31.6. The molecule has 3 saturated heterocycles. The molecular formula is C36H41ClFN5O3. The predicted molar refractivity (Wildman–Crippen MR) is 179 cm³/mol. The molecule has 8 nitrogen and oxygen atoms in total. The SMILES string of the molecule is C[C@]12CCC(CN(c3nc(OC[C@@H]4CCN(C5CCCCC5O)C4)nc4c(F)c(-c5cc(O)cc6ccccc56)c(Cl)cc34)C1)N2. The van der Waals surface area contributed by atoms with E-state index in [1.807, 2.05) is 24.3 Å². The van der Waals surface area contributed by atoms with Crippen LogP contribution in [0.3, 0.4) is 0 Å². The van der Waals surface area contributed by atoms with Crippen LogP contribution in [-0.2, 0) is 0 Å². The lowest BCUT2D eigenvalue weighted by atomic mass is 9.91. The Morgan fingerprint density at radius 2 is 1.91 bits per heavy atom. The maximum absolute atomic E-state index is 16.9. The van der Waals surface area contributed by atoms with E-state index < -0.39 is 5.82 Å². The van der Waals surface area contributed by atoms with E-state index in [-0.39, 0.29) is 51.5 Å². The van der Waals surface area contributed by atoms with E-state index in [4.69, 9.17) is 21.3 Å². The monoisotopic (exact) mass is 645 g/mol. The Labute approximate surface area is 273 Å². The lowest BCUT2D eigenvalue weighted by Crippen LogP contribution is -2.58. The molecule has 4 aliphatic rings. The molecule has 10 heteroatoms. The molecule has 8 rings (SSSR count). The van der Waals surface area contributed by atoms with Gasteiger partial charge in [-0.15, -0.1) is 0 Å². The van der Waals surface area contributed by atoms with Crippen LogP contribution < -0.4 is 15.0 Å². The molecule has 3 aliphatic heterocycles. The highest BCUT2D eigenvalue weighted by Gasteiger charge is 2.42. The summed E-state index contributed by atoms with van der Waals surface area (Å²) in [6.07, 6.45) is 7.03. The highest BCUT2D eigenvalue weighted by molar-refractivity contribution is 6.35. The number of aromatic hydroxyl groups is 1. The van der Waals surface area contributed by atoms with E-state index >= 15 is 4.39 Å². The number of halogens is 2. The number of aliphatic hydroxyl groups excluding tert-OH is 1. The number of anilines is 1. The summed E-state index contributed by atoms with van der Waals surface area (Å²) in [5, 5.41) is 27.3. The fraction of sp³-hybridized carbons (Fsp3) is 0.500. The molecular weight excluding hydrogens is 605 g/mol. The van der Waals surface area contributed by atoms with Gasteiger partial charge in [-0.2, -0.15) is 9.97 Å². The Kier molecular flexibility index (Phi) is 7.71. The largest absolute Gasteiger partial charge is 0.508 e. The van der Waals surface area contributed by atoms with Crippen molar-refractivity contribution in [1.82, 2.24) is 20.2 Å². The van der Waals surface area contributed by atoms with Crippen LogP contribution >= 0.6 is 11.6 Å². The maximum Gasteiger partial charge on any atom is 0.319 e. The van der Waals surface area contributed by atoms with Gasteiger partial charge in [-0.3, -0.25) is 4.90 Å². The fourth-order valence-corrected chi connectivity index (χ4v) is 8.82. The summed E-state index contributed by atoms with van der Waals surface area (Å²) in [4.78, 5) is 14.3. The summed E-state index contributed by atoms with van der Waals surface area (Å²) < 4.78 is 23.2. The lowest BCUT2D eigenvalue weighted by molar-refractivity contribution is 0.0283. The molecule has 46 heavy (non-hydrogen) atoms. The molecule has 1 saturated carbocycles. The molecule has 1 aliphatic carbocycles. The minimum atomic E-state index is -0.561. The molecule has 3 N–H and O–H groups in total. The van der Waals surface area contributed by atoms with Crippen LogP contribution in [0.15, 0.2) is 42.5 Å². The van der Waals surface area contributed by atoms with Crippen LogP contribution in [0.1, 0.15) is 51.9 Å². The molecule has 2 bridgehead atoms. The summed E-state index contributed by atoms with van der Waals surface area (Å²) in [5.74, 6) is 0.378. The maximum atomic E-state index is 16.9. The number of rotatable bonds is 6. The van der Waals surface area contributed by atoms with Crippen LogP contribution in [0.5, 0.6) is 11.8 Å². The van der Waals surface area contributed by atoms with Gasteiger partial charge in [0.2, 0.25) is 0 Å². The van der Waals surface area contributed by atoms with Crippen LogP contribution in [-0.4, -0.2) is 81.6 Å². The minimum absolute atomic E-state index is 0.0348. The highest BCUT2D eigenvalue weighted by Crippen LogP contribution is 2.43. The number of hydrogen-bond donors (Lipinski definition) is 3. The Morgan fingerprint density at radius 1 is 1.07 bits per heavy atom. The topological polar surface area (TPSA) is 94.0 Å². The number of ether oxygens (including phenoxy) is 1. The third kappa shape index (κ3) is 5.45. The van der Waals surface area contributed by atoms with Crippen LogP contribution in [0, 0.1) is 11.7 Å². The van der Waals surface area contributed by atoms with E-state index in [2.05, 4.69) is 27.0 Å². The molecule has 4 aromatic rings. The second-order valence-corrected chi connectivity index (χ2v) is 14.6. The summed E-state index contributed by atoms with van der Waals surface area (Å²) in [6, 6.07) is 13.2. The third-order valence-corrected chi connectivity index (χ3v) is 11.1. The number of aromatic nitrogens is 2. The first-order chi connectivity index (χ1) is 22.2. The van der Waals surface area contributed by atoms with Crippen molar-refractivity contribution in [2.45, 2.75) is 75.6 Å². The third-order valence-electron chi connectivity index (χ3n) is 10.8. The smallest absolute Gasteiger partial charge is 0.319 e. The van der Waals surface area contributed by atoms with Gasteiger partial charge in [0.05, 0.1) is 17.7 Å². The Balaban J connectivity index is 1.17. The molecule has 0 spiro atoms. The number of benzene rings is 3. The van der Waals surface area contributed by atoms with Crippen molar-refractivity contribution in [2.24, 2.45) is 5.92 Å². The normalized spacial score (nSPS) is 28.4. The molecule has 4 fully saturated rings. The van der Waals surface area contributed by atoms with Crippen molar-refractivity contribution >= 4 is 39.1 Å². The minimum Gasteiger partial charge on any atom is -0.508 e. The average Bonchev–Trinajstić information content (AvgIpc) is 3.62. The molecule has 0 radical (unpaired) electrons. The van der Waals surface area contributed by atoms with Crippen LogP contribution in [0.4, 0.5) is 10.2 Å². The Bertz CT molecular complexity index is 1810. The number of piperazine rings is 1. The number of nitrogens with one attached hydrogen (secondary N) is 1. The van der Waals surface area contributed by atoms with Gasteiger partial charge in [0.15, 0.2) is 5.82 Å². The molecule has 1 aromatic heterocycles. The first-order valence-electron chi connectivity index (χ1n) is 16.7. The van der Waals surface area contributed by atoms with E-state index in [9.17, 15) is 10.2 Å². The van der Waals surface area contributed by atoms with Crippen molar-refractivity contribution in [2.75, 3.05) is 37.7 Å². The number of likely N-dealkylation sites (tertiary alicyclic amines) is 1. The van der Waals surface area contributed by atoms with Gasteiger partial charge in [-0.05, 0) is 80.1 Å². The second kappa shape index (κ2) is 11.8. The highest BCUT2D eigenvalue weighted by atomic mass is 35.5. The Morgan fingerprint density at radius 3 is 2.76 bits per heavy atom. The van der Waals surface area contributed by atoms with Crippen molar-refractivity contribution in [3.63, 3.8) is 0 Å². The van der Waals surface area contributed by atoms with Crippen molar-refractivity contribution < 1.29 is 19.3 Å². The summed E-state index contributed by atoms with van der Waals surface area (Å²) in [7, 11) is 0. The van der Waals surface area contributed by atoms with Gasteiger partial charge in [-0.25, -0.2) is 4.39 Å². The number of fused-ring (bicyclic) bond motifs is 4. The van der Waals surface area contributed by atoms with Crippen molar-refractivity contribution in [3.05, 3.63) is 53.3 Å². The molecule has 0 amide bonds. The average molecular weight is 646 g/mol. The van der Waals surface area contributed by atoms with E-state index in [1.54, 1.807) is 18.2 Å². The summed E-state index contributed by atoms with van der Waals surface area (Å²) >= 11 is 6.92. The van der Waals surface area contributed by atoms with Crippen LogP contribution in [0.2, 0.25) is 5.02 Å². The van der Waals surface area contributed by atoms with Gasteiger partial charge in [0.25, 0.3) is 0 Å². The Hall–Kier alpha value is -3.24. The fourth-order valence-electron chi connectivity index (χ4n) is 8.53. The first-order valence-corrected chi connectivity index (χ1v) is 17.1. The van der Waals surface area contributed by atoms with Gasteiger partial charge >= 0.3 is 6.01 Å². The predicted octanol–water partition coefficient (Wildman–Crippen LogP) is 6.28. The standard InChI is InChI=1S/C36H41ClFN5O3/c1-36-12-10-23(41-36)18-43(20-36)34-27-16-28(37)31(26-15-24(44)14-22-6-2-3-7-25(22)26)32(38)33(27)39-35(40-34)46-19-21-11-13-42(17-21)29-8-4-5-9-30(29)45/h2-3,6-7,14-16,21,23,29-30,41,44-45H,4-5,8-13,17-20H2,1H3/t21-,23?,29?,30?,36+/m1/s1. The number of phenols is 1. The number of aliphatic hydroxyl groups is 1. The molecule has 5 atom stereocenters. The molecule has 4 heterocycles. The lowest BCUT2D eigenvalue weighted by Gasteiger charge is -2.40. The first kappa shape index (κ1) is 30.1. The number of phenolic OH excluding ortho intramolecular Hbond substituents is 1. The summed E-state index contributed by atoms with van der Waals surface area (Å²) in [5.41, 5.74) is 0.801. The van der Waals surface area contributed by atoms with E-state index in [0.29, 0.717) is 29.4 Å². The van der Waals surface area contributed by atoms with Crippen molar-refractivity contribution in [3.8, 4) is 22.9 Å². The summed E-state index contributed by atoms with van der Waals surface area (Å²) in [6.45, 7) is 5.93. The van der Waals surface area contributed by atoms with E-state index in [1.165, 1.54) is 0 Å². The van der Waals surface area contributed by atoms with Crippen LogP contribution in [0.25, 0.3) is 32.8 Å². The van der Waals surface area contributed by atoms with Gasteiger partial charge in [-0.1, -0.05) is 48.7 Å². The van der Waals surface area contributed by atoms with Gasteiger partial charge < -0.3 is 25.2 Å². The molecule has 3 aromatic carbocycles. The van der Waals surface area contributed by atoms with E-state index in [0.717, 1.165) is 81.9 Å². The van der Waals surface area contributed by atoms with Crippen molar-refractivity contribution in [1.29, 1.82) is 0 Å². The number of nitrogens with zero attached hydrogens (tertiary/aromatic N) is 4. The van der Waals surface area contributed by atoms with Gasteiger partial charge in [0, 0.05) is 54.1 Å². The molecule has 3 unspecified atom stereocenters. The quantitative estimate of drug-likeness (QED) is 0.226. The van der Waals surface area contributed by atoms with Gasteiger partial charge in [0.1, 0.15) is 17.1 Å². The zero-order valence-corrected chi connectivity index (χ0v) is 26.9. The second-order valence-electron chi connectivity index (χ2n) is 14.2. The number of hydrogen-bond acceptors (Lipinski definition) is 8.